The Kier molecular flexibility index (Phi) is 6.96. The van der Waals surface area contributed by atoms with E-state index in [9.17, 15) is 9.59 Å². The Morgan fingerprint density at radius 3 is 2.40 bits per heavy atom. The van der Waals surface area contributed by atoms with E-state index in [1.807, 2.05) is 27.8 Å². The zero-order chi connectivity index (χ0) is 18.4. The fourth-order valence-corrected chi connectivity index (χ4v) is 3.27. The summed E-state index contributed by atoms with van der Waals surface area (Å²) < 4.78 is 5.48. The maximum absolute atomic E-state index is 12.3. The van der Waals surface area contributed by atoms with Crippen LogP contribution in [0.1, 0.15) is 29.5 Å². The van der Waals surface area contributed by atoms with Gasteiger partial charge in [-0.3, -0.25) is 9.59 Å². The summed E-state index contributed by atoms with van der Waals surface area (Å²) in [6.07, 6.45) is 2.20. The number of hydrogen-bond acceptors (Lipinski definition) is 3. The molecule has 1 saturated heterocycles. The molecule has 3 N–H and O–H groups in total. The van der Waals surface area contributed by atoms with Gasteiger partial charge in [-0.15, -0.1) is 0 Å². The van der Waals surface area contributed by atoms with Crippen molar-refractivity contribution >= 4 is 17.5 Å². The number of anilines is 1. The topological polar surface area (TPSA) is 71.9 Å². The molecule has 1 aliphatic heterocycles. The van der Waals surface area contributed by atoms with Gasteiger partial charge >= 0.3 is 0 Å². The van der Waals surface area contributed by atoms with Crippen molar-refractivity contribution in [3.05, 3.63) is 28.8 Å². The van der Waals surface area contributed by atoms with Crippen LogP contribution in [-0.2, 0) is 14.3 Å². The lowest BCUT2D eigenvalue weighted by molar-refractivity contribution is -0.862. The van der Waals surface area contributed by atoms with Crippen molar-refractivity contribution in [2.45, 2.75) is 39.7 Å². The maximum Gasteiger partial charge on any atom is 0.279 e. The first-order valence-electron chi connectivity index (χ1n) is 8.92. The molecule has 1 aromatic rings. The molecule has 0 spiro atoms. The van der Waals surface area contributed by atoms with Gasteiger partial charge in [0.15, 0.2) is 13.1 Å². The number of aryl methyl sites for hydroxylation is 3. The van der Waals surface area contributed by atoms with Gasteiger partial charge in [-0.2, -0.15) is 0 Å². The third kappa shape index (κ3) is 6.14. The van der Waals surface area contributed by atoms with E-state index in [1.54, 1.807) is 0 Å². The Morgan fingerprint density at radius 1 is 1.16 bits per heavy atom. The average Bonchev–Trinajstić information content (AvgIpc) is 3.02. The molecule has 0 saturated carbocycles. The molecule has 2 rings (SSSR count). The molecule has 1 heterocycles. The van der Waals surface area contributed by atoms with E-state index in [4.69, 9.17) is 4.74 Å². The number of rotatable bonds is 7. The largest absolute Gasteiger partial charge is 0.376 e. The van der Waals surface area contributed by atoms with Crippen molar-refractivity contribution in [1.29, 1.82) is 0 Å². The Labute approximate surface area is 149 Å². The zero-order valence-electron chi connectivity index (χ0n) is 15.7. The Bertz CT molecular complexity index is 601. The number of amides is 2. The lowest BCUT2D eigenvalue weighted by atomic mass is 10.1. The molecule has 0 aliphatic carbocycles. The summed E-state index contributed by atoms with van der Waals surface area (Å²) in [6.45, 7) is 7.88. The number of carbonyl (C=O) groups is 2. The van der Waals surface area contributed by atoms with Crippen molar-refractivity contribution < 1.29 is 19.2 Å². The van der Waals surface area contributed by atoms with Gasteiger partial charge in [-0.25, -0.2) is 0 Å². The van der Waals surface area contributed by atoms with Gasteiger partial charge in [0.1, 0.15) is 0 Å². The van der Waals surface area contributed by atoms with Crippen molar-refractivity contribution in [2.24, 2.45) is 0 Å². The van der Waals surface area contributed by atoms with Crippen molar-refractivity contribution in [2.75, 3.05) is 38.6 Å². The number of hydrogen-bond donors (Lipinski definition) is 3. The summed E-state index contributed by atoms with van der Waals surface area (Å²) in [7, 11) is 1.85. The van der Waals surface area contributed by atoms with Crippen LogP contribution < -0.4 is 15.5 Å². The first kappa shape index (κ1) is 19.4. The second-order valence-corrected chi connectivity index (χ2v) is 7.07. The summed E-state index contributed by atoms with van der Waals surface area (Å²) in [6, 6.07) is 4.11. The number of nitrogens with one attached hydrogen (secondary N) is 3. The molecule has 1 aromatic carbocycles. The molecule has 1 fully saturated rings. The number of carbonyl (C=O) groups excluding carboxylic acids is 2. The van der Waals surface area contributed by atoms with Gasteiger partial charge in [-0.1, -0.05) is 17.7 Å². The summed E-state index contributed by atoms with van der Waals surface area (Å²) >= 11 is 0. The standard InChI is InChI=1S/C19H29N3O3/c1-13-8-14(2)19(15(3)9-13)21-18(24)12-22(4)11-17(23)20-10-16-6-5-7-25-16/h8-9,16H,5-7,10-12H2,1-4H3,(H,20,23)(H,21,24)/p+1/t16-/m1/s1. The van der Waals surface area contributed by atoms with E-state index in [0.717, 1.165) is 41.2 Å². The van der Waals surface area contributed by atoms with E-state index in [1.165, 1.54) is 5.56 Å². The highest BCUT2D eigenvalue weighted by molar-refractivity contribution is 5.93. The number of benzene rings is 1. The molecule has 2 atom stereocenters. The Hall–Kier alpha value is -1.92. The maximum atomic E-state index is 12.3. The van der Waals surface area contributed by atoms with Crippen LogP contribution in [0.3, 0.4) is 0 Å². The van der Waals surface area contributed by atoms with Crippen LogP contribution in [0.2, 0.25) is 0 Å². The molecular weight excluding hydrogens is 318 g/mol. The third-order valence-corrected chi connectivity index (χ3v) is 4.42. The number of ether oxygens (including phenoxy) is 1. The predicted octanol–water partition coefficient (Wildman–Crippen LogP) is 0.360. The van der Waals surface area contributed by atoms with Gasteiger partial charge in [0.25, 0.3) is 11.8 Å². The van der Waals surface area contributed by atoms with Crippen molar-refractivity contribution in [3.63, 3.8) is 0 Å². The average molecular weight is 348 g/mol. The van der Waals surface area contributed by atoms with Crippen LogP contribution in [0.4, 0.5) is 5.69 Å². The summed E-state index contributed by atoms with van der Waals surface area (Å²) in [5, 5.41) is 5.86. The Morgan fingerprint density at radius 2 is 1.80 bits per heavy atom. The van der Waals surface area contributed by atoms with Crippen molar-refractivity contribution in [1.82, 2.24) is 5.32 Å². The van der Waals surface area contributed by atoms with E-state index in [2.05, 4.69) is 22.8 Å². The number of quaternary nitrogens is 1. The van der Waals surface area contributed by atoms with Crippen molar-refractivity contribution in [3.8, 4) is 0 Å². The third-order valence-electron chi connectivity index (χ3n) is 4.42. The zero-order valence-corrected chi connectivity index (χ0v) is 15.7. The first-order chi connectivity index (χ1) is 11.8. The monoisotopic (exact) mass is 348 g/mol. The molecule has 0 aromatic heterocycles. The molecule has 25 heavy (non-hydrogen) atoms. The highest BCUT2D eigenvalue weighted by atomic mass is 16.5. The molecule has 138 valence electrons. The van der Waals surface area contributed by atoms with Crippen LogP contribution >= 0.6 is 0 Å². The molecule has 0 radical (unpaired) electrons. The van der Waals surface area contributed by atoms with E-state index in [-0.39, 0.29) is 31.0 Å². The molecule has 2 amide bonds. The van der Waals surface area contributed by atoms with Crippen LogP contribution in [0.15, 0.2) is 12.1 Å². The van der Waals surface area contributed by atoms with Crippen LogP contribution in [0.5, 0.6) is 0 Å². The second kappa shape index (κ2) is 8.97. The van der Waals surface area contributed by atoms with Gasteiger partial charge in [0.2, 0.25) is 0 Å². The molecule has 6 heteroatoms. The van der Waals surface area contributed by atoms with E-state index >= 15 is 0 Å². The lowest BCUT2D eigenvalue weighted by Crippen LogP contribution is -3.11. The normalized spacial score (nSPS) is 18.0. The van der Waals surface area contributed by atoms with Gasteiger partial charge in [0.05, 0.1) is 13.2 Å². The highest BCUT2D eigenvalue weighted by Crippen LogP contribution is 2.21. The van der Waals surface area contributed by atoms with E-state index < -0.39 is 0 Å². The fraction of sp³-hybridized carbons (Fsp3) is 0.579. The molecule has 6 nitrogen and oxygen atoms in total. The minimum atomic E-state index is -0.0838. The quantitative estimate of drug-likeness (QED) is 0.666. The summed E-state index contributed by atoms with van der Waals surface area (Å²) in [4.78, 5) is 25.1. The molecular formula is C19H30N3O3+. The predicted molar refractivity (Wildman–Crippen MR) is 97.9 cm³/mol. The Balaban J connectivity index is 1.76. The SMILES string of the molecule is Cc1cc(C)c(NC(=O)C[NH+](C)CC(=O)NC[C@H]2CCCO2)c(C)c1. The molecule has 0 bridgehead atoms. The first-order valence-corrected chi connectivity index (χ1v) is 8.92. The van der Waals surface area contributed by atoms with Gasteiger partial charge < -0.3 is 20.3 Å². The fourth-order valence-electron chi connectivity index (χ4n) is 3.27. The smallest absolute Gasteiger partial charge is 0.279 e. The number of likely N-dealkylation sites (N-methyl/N-ethyl adjacent to an activating group) is 1. The summed E-state index contributed by atoms with van der Waals surface area (Å²) in [5.41, 5.74) is 4.15. The second-order valence-electron chi connectivity index (χ2n) is 7.07. The van der Waals surface area contributed by atoms with Crippen LogP contribution in [0, 0.1) is 20.8 Å². The van der Waals surface area contributed by atoms with E-state index in [0.29, 0.717) is 6.54 Å². The minimum Gasteiger partial charge on any atom is -0.376 e. The van der Waals surface area contributed by atoms with Crippen LogP contribution in [-0.4, -0.2) is 51.2 Å². The van der Waals surface area contributed by atoms with Gasteiger partial charge in [-0.05, 0) is 44.7 Å². The minimum absolute atomic E-state index is 0.0523. The molecule has 1 unspecified atom stereocenters. The summed E-state index contributed by atoms with van der Waals surface area (Å²) in [5.74, 6) is -0.136. The highest BCUT2D eigenvalue weighted by Gasteiger charge is 2.19. The molecule has 1 aliphatic rings. The van der Waals surface area contributed by atoms with Crippen LogP contribution in [0.25, 0.3) is 0 Å². The lowest BCUT2D eigenvalue weighted by Gasteiger charge is -2.17. The van der Waals surface area contributed by atoms with Gasteiger partial charge in [0, 0.05) is 18.8 Å².